The molecule has 132 valence electrons. The van der Waals surface area contributed by atoms with Crippen molar-refractivity contribution in [2.45, 2.75) is 77.6 Å². The molecule has 0 bridgehead atoms. The van der Waals surface area contributed by atoms with Crippen molar-refractivity contribution in [3.05, 3.63) is 29.8 Å². The van der Waals surface area contributed by atoms with E-state index in [9.17, 15) is 0 Å². The Kier molecular flexibility index (Phi) is 8.74. The highest BCUT2D eigenvalue weighted by Crippen LogP contribution is 2.34. The number of hydrogen-bond donors (Lipinski definition) is 0. The Labute approximate surface area is 148 Å². The third kappa shape index (κ3) is 6.56. The molecule has 0 amide bonds. The lowest BCUT2D eigenvalue weighted by molar-refractivity contribution is 0.228. The van der Waals surface area contributed by atoms with Crippen LogP contribution in [0.15, 0.2) is 24.3 Å². The molecule has 1 aliphatic carbocycles. The Morgan fingerprint density at radius 3 is 2.29 bits per heavy atom. The Morgan fingerprint density at radius 2 is 1.62 bits per heavy atom. The highest BCUT2D eigenvalue weighted by molar-refractivity contribution is 5.42. The molecule has 0 radical (unpaired) electrons. The average Bonchev–Trinajstić information content (AvgIpc) is 2.64. The Hall–Kier alpha value is -1.49. The van der Waals surface area contributed by atoms with Gasteiger partial charge in [0.1, 0.15) is 11.8 Å². The highest BCUT2D eigenvalue weighted by atomic mass is 16.5. The van der Waals surface area contributed by atoms with E-state index in [4.69, 9.17) is 10.00 Å². The van der Waals surface area contributed by atoms with Gasteiger partial charge >= 0.3 is 0 Å². The molecule has 0 aliphatic heterocycles. The molecule has 0 N–H and O–H groups in total. The zero-order valence-corrected chi connectivity index (χ0v) is 15.3. The Bertz CT molecular complexity index is 497. The second-order valence-corrected chi connectivity index (χ2v) is 7.33. The lowest BCUT2D eigenvalue weighted by atomic mass is 9.78. The average molecular weight is 328 g/mol. The first-order valence-electron chi connectivity index (χ1n) is 9.95. The van der Waals surface area contributed by atoms with Crippen molar-refractivity contribution in [2.75, 3.05) is 6.61 Å². The summed E-state index contributed by atoms with van der Waals surface area (Å²) in [6, 6.07) is 9.71. The first-order chi connectivity index (χ1) is 11.8. The second kappa shape index (κ2) is 11.1. The van der Waals surface area contributed by atoms with Crippen molar-refractivity contribution in [1.82, 2.24) is 0 Å². The number of benzene rings is 1. The third-order valence-corrected chi connectivity index (χ3v) is 5.45. The molecule has 2 nitrogen and oxygen atoms in total. The van der Waals surface area contributed by atoms with Crippen molar-refractivity contribution in [2.24, 2.45) is 11.8 Å². The molecule has 0 saturated heterocycles. The van der Waals surface area contributed by atoms with Gasteiger partial charge in [0, 0.05) is 0 Å². The van der Waals surface area contributed by atoms with E-state index in [2.05, 4.69) is 13.0 Å². The van der Waals surface area contributed by atoms with E-state index >= 15 is 0 Å². The van der Waals surface area contributed by atoms with Crippen LogP contribution in [0.3, 0.4) is 0 Å². The second-order valence-electron chi connectivity index (χ2n) is 7.33. The van der Waals surface area contributed by atoms with Gasteiger partial charge in [-0.3, -0.25) is 0 Å². The Balaban J connectivity index is 1.56. The summed E-state index contributed by atoms with van der Waals surface area (Å²) in [7, 11) is 0. The van der Waals surface area contributed by atoms with E-state index in [1.54, 1.807) is 0 Å². The van der Waals surface area contributed by atoms with Crippen LogP contribution in [0.1, 0.15) is 83.1 Å². The topological polar surface area (TPSA) is 33.0 Å². The minimum absolute atomic E-state index is 0.640. The molecule has 0 atom stereocenters. The smallest absolute Gasteiger partial charge is 0.137 e. The lowest BCUT2D eigenvalue weighted by Gasteiger charge is -2.28. The van der Waals surface area contributed by atoms with Gasteiger partial charge in [0.05, 0.1) is 12.2 Å². The zero-order valence-electron chi connectivity index (χ0n) is 15.3. The van der Waals surface area contributed by atoms with E-state index in [1.165, 1.54) is 64.2 Å². The zero-order chi connectivity index (χ0) is 17.0. The number of rotatable bonds is 10. The standard InChI is InChI=1S/C22H33NO/c1-2-3-4-5-9-19-13-15-20(16-14-19)10-8-17-24-22-12-7-6-11-21(22)18-23/h6-7,11-12,19-20H,2-5,8-10,13-17H2,1H3. The van der Waals surface area contributed by atoms with Gasteiger partial charge in [-0.2, -0.15) is 5.26 Å². The molecule has 0 spiro atoms. The summed E-state index contributed by atoms with van der Waals surface area (Å²) in [5, 5.41) is 9.07. The molecule has 0 unspecified atom stereocenters. The maximum Gasteiger partial charge on any atom is 0.137 e. The normalized spacial score (nSPS) is 20.5. The van der Waals surface area contributed by atoms with Crippen molar-refractivity contribution < 1.29 is 4.74 Å². The van der Waals surface area contributed by atoms with E-state index < -0.39 is 0 Å². The van der Waals surface area contributed by atoms with Crippen LogP contribution in [-0.2, 0) is 0 Å². The van der Waals surface area contributed by atoms with E-state index in [0.29, 0.717) is 5.56 Å². The number of nitriles is 1. The number of para-hydroxylation sites is 1. The summed E-state index contributed by atoms with van der Waals surface area (Å²) in [5.74, 6) is 2.62. The Morgan fingerprint density at radius 1 is 0.958 bits per heavy atom. The fraction of sp³-hybridized carbons (Fsp3) is 0.682. The van der Waals surface area contributed by atoms with E-state index in [-0.39, 0.29) is 0 Å². The van der Waals surface area contributed by atoms with Crippen LogP contribution in [0.25, 0.3) is 0 Å². The van der Waals surface area contributed by atoms with Crippen LogP contribution < -0.4 is 4.74 Å². The monoisotopic (exact) mass is 327 g/mol. The third-order valence-electron chi connectivity index (χ3n) is 5.45. The van der Waals surface area contributed by atoms with Gasteiger partial charge in [-0.05, 0) is 36.8 Å². The molecule has 1 saturated carbocycles. The van der Waals surface area contributed by atoms with Crippen molar-refractivity contribution in [3.8, 4) is 11.8 Å². The molecule has 0 aromatic heterocycles. The number of ether oxygens (including phenoxy) is 1. The van der Waals surface area contributed by atoms with Crippen LogP contribution in [0.4, 0.5) is 0 Å². The first kappa shape index (κ1) is 18.8. The highest BCUT2D eigenvalue weighted by Gasteiger charge is 2.20. The molecular weight excluding hydrogens is 294 g/mol. The number of hydrogen-bond acceptors (Lipinski definition) is 2. The largest absolute Gasteiger partial charge is 0.492 e. The van der Waals surface area contributed by atoms with Crippen molar-refractivity contribution in [1.29, 1.82) is 5.26 Å². The maximum absolute atomic E-state index is 9.07. The molecule has 1 aromatic carbocycles. The predicted octanol–water partition coefficient (Wildman–Crippen LogP) is 6.49. The lowest BCUT2D eigenvalue weighted by Crippen LogP contribution is -2.15. The molecule has 1 fully saturated rings. The summed E-state index contributed by atoms with van der Waals surface area (Å²) < 4.78 is 5.79. The van der Waals surface area contributed by atoms with Crippen LogP contribution in [0, 0.1) is 23.2 Å². The van der Waals surface area contributed by atoms with Crippen LogP contribution in [0.5, 0.6) is 5.75 Å². The molecule has 1 aliphatic rings. The summed E-state index contributed by atoms with van der Waals surface area (Å²) in [5.41, 5.74) is 0.640. The molecule has 0 heterocycles. The van der Waals surface area contributed by atoms with E-state index in [1.807, 2.05) is 24.3 Å². The van der Waals surface area contributed by atoms with Gasteiger partial charge < -0.3 is 4.74 Å². The van der Waals surface area contributed by atoms with Gasteiger partial charge in [-0.25, -0.2) is 0 Å². The van der Waals surface area contributed by atoms with Crippen LogP contribution in [0.2, 0.25) is 0 Å². The maximum atomic E-state index is 9.07. The van der Waals surface area contributed by atoms with Crippen LogP contribution >= 0.6 is 0 Å². The van der Waals surface area contributed by atoms with Gasteiger partial charge in [-0.1, -0.05) is 76.8 Å². The molecule has 24 heavy (non-hydrogen) atoms. The molecule has 2 rings (SSSR count). The van der Waals surface area contributed by atoms with Gasteiger partial charge in [-0.15, -0.1) is 0 Å². The van der Waals surface area contributed by atoms with Gasteiger partial charge in [0.15, 0.2) is 0 Å². The quantitative estimate of drug-likeness (QED) is 0.460. The number of unbranched alkanes of at least 4 members (excludes halogenated alkanes) is 3. The van der Waals surface area contributed by atoms with Crippen LogP contribution in [-0.4, -0.2) is 6.61 Å². The van der Waals surface area contributed by atoms with Gasteiger partial charge in [0.2, 0.25) is 0 Å². The summed E-state index contributed by atoms with van der Waals surface area (Å²) in [6.07, 6.45) is 15.2. The fourth-order valence-corrected chi connectivity index (χ4v) is 3.91. The molecule has 1 aromatic rings. The molecule has 2 heteroatoms. The van der Waals surface area contributed by atoms with Gasteiger partial charge in [0.25, 0.3) is 0 Å². The first-order valence-corrected chi connectivity index (χ1v) is 9.95. The van der Waals surface area contributed by atoms with Crippen molar-refractivity contribution >= 4 is 0 Å². The summed E-state index contributed by atoms with van der Waals surface area (Å²) in [4.78, 5) is 0. The minimum Gasteiger partial charge on any atom is -0.492 e. The summed E-state index contributed by atoms with van der Waals surface area (Å²) in [6.45, 7) is 3.02. The van der Waals surface area contributed by atoms with Crippen molar-refractivity contribution in [3.63, 3.8) is 0 Å². The SMILES string of the molecule is CCCCCCC1CCC(CCCOc2ccccc2C#N)CC1. The van der Waals surface area contributed by atoms with E-state index in [0.717, 1.165) is 30.6 Å². The minimum atomic E-state index is 0.640. The fourth-order valence-electron chi connectivity index (χ4n) is 3.91. The number of nitrogens with zero attached hydrogens (tertiary/aromatic N) is 1. The molecular formula is C22H33NO. The predicted molar refractivity (Wildman–Crippen MR) is 100 cm³/mol. The summed E-state index contributed by atoms with van der Waals surface area (Å²) >= 11 is 0.